The van der Waals surface area contributed by atoms with E-state index in [9.17, 15) is 0 Å². The van der Waals surface area contributed by atoms with Crippen LogP contribution in [0.5, 0.6) is 0 Å². The zero-order valence-corrected chi connectivity index (χ0v) is 15.0. The van der Waals surface area contributed by atoms with Crippen molar-refractivity contribution in [1.29, 1.82) is 0 Å². The van der Waals surface area contributed by atoms with E-state index in [4.69, 9.17) is 23.2 Å². The molecule has 1 atom stereocenters. The number of hydrogen-bond acceptors (Lipinski definition) is 4. The van der Waals surface area contributed by atoms with Gasteiger partial charge in [0, 0.05) is 21.1 Å². The van der Waals surface area contributed by atoms with Gasteiger partial charge in [0.2, 0.25) is 0 Å². The molecule has 1 N–H and O–H groups in total. The first-order valence-electron chi connectivity index (χ1n) is 6.56. The molecule has 2 aromatic rings. The maximum absolute atomic E-state index is 6.35. The van der Waals surface area contributed by atoms with Crippen LogP contribution in [0.15, 0.2) is 12.1 Å². The Kier molecular flexibility index (Phi) is 5.01. The Morgan fingerprint density at radius 1 is 1.30 bits per heavy atom. The summed E-state index contributed by atoms with van der Waals surface area (Å²) in [4.78, 5) is 2.90. The summed E-state index contributed by atoms with van der Waals surface area (Å²) in [6, 6.07) is 4.51. The second-order valence-corrected chi connectivity index (χ2v) is 9.23. The summed E-state index contributed by atoms with van der Waals surface area (Å²) in [5.74, 6) is 2.38. The van der Waals surface area contributed by atoms with E-state index in [0.717, 1.165) is 26.5 Å². The minimum atomic E-state index is 0.164. The highest BCUT2D eigenvalue weighted by Gasteiger charge is 2.23. The van der Waals surface area contributed by atoms with Gasteiger partial charge in [-0.15, -0.1) is 22.7 Å². The Hall–Kier alpha value is 0.290. The lowest BCUT2D eigenvalue weighted by Crippen LogP contribution is -2.20. The molecule has 2 aromatic heterocycles. The van der Waals surface area contributed by atoms with Gasteiger partial charge >= 0.3 is 0 Å². The first kappa shape index (κ1) is 15.2. The molecule has 0 amide bonds. The third-order valence-corrected chi connectivity index (χ3v) is 7.16. The predicted molar refractivity (Wildman–Crippen MR) is 94.0 cm³/mol. The van der Waals surface area contributed by atoms with E-state index in [-0.39, 0.29) is 6.04 Å². The number of aryl methyl sites for hydroxylation is 1. The van der Waals surface area contributed by atoms with Crippen LogP contribution >= 0.6 is 57.6 Å². The molecule has 3 heterocycles. The van der Waals surface area contributed by atoms with Gasteiger partial charge in [-0.3, -0.25) is 0 Å². The fourth-order valence-electron chi connectivity index (χ4n) is 2.43. The normalized spacial score (nSPS) is 16.1. The maximum atomic E-state index is 6.35. The van der Waals surface area contributed by atoms with E-state index in [1.54, 1.807) is 4.88 Å². The van der Waals surface area contributed by atoms with Gasteiger partial charge in [0.25, 0.3) is 0 Å². The standard InChI is InChI=1S/C14H15Cl2NS3/c1-2-17-13(9-6-12(15)20-14(9)16)11-5-8-7-18-4-3-10(8)19-11/h5-6,13,17H,2-4,7H2,1H3. The molecular weight excluding hydrogens is 349 g/mol. The Labute approximate surface area is 141 Å². The van der Waals surface area contributed by atoms with Gasteiger partial charge in [-0.25, -0.2) is 0 Å². The van der Waals surface area contributed by atoms with Crippen LogP contribution in [0.2, 0.25) is 8.67 Å². The monoisotopic (exact) mass is 363 g/mol. The second-order valence-electron chi connectivity index (χ2n) is 4.67. The number of hydrogen-bond donors (Lipinski definition) is 1. The average Bonchev–Trinajstić information content (AvgIpc) is 2.99. The summed E-state index contributed by atoms with van der Waals surface area (Å²) in [5, 5.41) is 3.55. The van der Waals surface area contributed by atoms with Crippen LogP contribution in [0, 0.1) is 0 Å². The summed E-state index contributed by atoms with van der Waals surface area (Å²) in [6.45, 7) is 3.03. The molecule has 0 spiro atoms. The van der Waals surface area contributed by atoms with Crippen LogP contribution in [-0.2, 0) is 12.2 Å². The molecule has 0 aliphatic carbocycles. The molecule has 3 rings (SSSR count). The fraction of sp³-hybridized carbons (Fsp3) is 0.429. The zero-order chi connectivity index (χ0) is 14.1. The Morgan fingerprint density at radius 3 is 2.80 bits per heavy atom. The first-order valence-corrected chi connectivity index (χ1v) is 10.1. The van der Waals surface area contributed by atoms with Gasteiger partial charge in [-0.1, -0.05) is 30.1 Å². The summed E-state index contributed by atoms with van der Waals surface area (Å²) < 4.78 is 1.55. The lowest BCUT2D eigenvalue weighted by Gasteiger charge is -2.15. The molecule has 108 valence electrons. The van der Waals surface area contributed by atoms with E-state index >= 15 is 0 Å². The van der Waals surface area contributed by atoms with Crippen LogP contribution in [0.4, 0.5) is 0 Å². The highest BCUT2D eigenvalue weighted by Crippen LogP contribution is 2.41. The molecule has 0 saturated carbocycles. The Balaban J connectivity index is 1.98. The highest BCUT2D eigenvalue weighted by molar-refractivity contribution is 7.98. The maximum Gasteiger partial charge on any atom is 0.0995 e. The molecule has 1 unspecified atom stereocenters. The van der Waals surface area contributed by atoms with Crippen molar-refractivity contribution in [2.24, 2.45) is 0 Å². The SMILES string of the molecule is CCNC(c1cc2c(s1)CCSC2)c1cc(Cl)sc1Cl. The molecule has 0 saturated heterocycles. The average molecular weight is 364 g/mol. The van der Waals surface area contributed by atoms with Crippen LogP contribution in [0.25, 0.3) is 0 Å². The minimum absolute atomic E-state index is 0.164. The quantitative estimate of drug-likeness (QED) is 0.757. The third-order valence-electron chi connectivity index (χ3n) is 3.33. The molecule has 1 aliphatic rings. The molecule has 6 heteroatoms. The van der Waals surface area contributed by atoms with Gasteiger partial charge in [0.1, 0.15) is 0 Å². The second kappa shape index (κ2) is 6.59. The summed E-state index contributed by atoms with van der Waals surface area (Å²) >= 11 is 17.8. The van der Waals surface area contributed by atoms with E-state index < -0.39 is 0 Å². The van der Waals surface area contributed by atoms with Crippen molar-refractivity contribution in [1.82, 2.24) is 5.32 Å². The lowest BCUT2D eigenvalue weighted by molar-refractivity contribution is 0.641. The van der Waals surface area contributed by atoms with Crippen LogP contribution in [-0.4, -0.2) is 12.3 Å². The van der Waals surface area contributed by atoms with Crippen LogP contribution in [0.1, 0.15) is 33.8 Å². The van der Waals surface area contributed by atoms with Crippen molar-refractivity contribution >= 4 is 57.6 Å². The number of fused-ring (bicyclic) bond motifs is 1. The van der Waals surface area contributed by atoms with Crippen LogP contribution in [0.3, 0.4) is 0 Å². The topological polar surface area (TPSA) is 12.0 Å². The minimum Gasteiger partial charge on any atom is -0.306 e. The van der Waals surface area contributed by atoms with Gasteiger partial charge < -0.3 is 5.32 Å². The Bertz CT molecular complexity index is 582. The number of nitrogens with one attached hydrogen (secondary N) is 1. The number of rotatable bonds is 4. The van der Waals surface area contributed by atoms with Crippen molar-refractivity contribution in [3.63, 3.8) is 0 Å². The third kappa shape index (κ3) is 3.06. The largest absolute Gasteiger partial charge is 0.306 e. The highest BCUT2D eigenvalue weighted by atomic mass is 35.5. The van der Waals surface area contributed by atoms with Gasteiger partial charge in [0.05, 0.1) is 14.7 Å². The number of thioether (sulfide) groups is 1. The van der Waals surface area contributed by atoms with E-state index in [1.165, 1.54) is 34.0 Å². The van der Waals surface area contributed by atoms with E-state index in [2.05, 4.69) is 18.3 Å². The molecular formula is C14H15Cl2NS3. The smallest absolute Gasteiger partial charge is 0.0995 e. The molecule has 20 heavy (non-hydrogen) atoms. The Morgan fingerprint density at radius 2 is 2.15 bits per heavy atom. The molecule has 1 aliphatic heterocycles. The summed E-state index contributed by atoms with van der Waals surface area (Å²) in [7, 11) is 0. The van der Waals surface area contributed by atoms with Gasteiger partial charge in [-0.05, 0) is 36.4 Å². The van der Waals surface area contributed by atoms with Gasteiger partial charge in [0.15, 0.2) is 0 Å². The van der Waals surface area contributed by atoms with Gasteiger partial charge in [-0.2, -0.15) is 11.8 Å². The molecule has 1 nitrogen and oxygen atoms in total. The van der Waals surface area contributed by atoms with Crippen molar-refractivity contribution < 1.29 is 0 Å². The fourth-order valence-corrected chi connectivity index (χ4v) is 6.43. The van der Waals surface area contributed by atoms with Crippen molar-refractivity contribution in [3.8, 4) is 0 Å². The lowest BCUT2D eigenvalue weighted by atomic mass is 10.1. The summed E-state index contributed by atoms with van der Waals surface area (Å²) in [5.41, 5.74) is 2.61. The van der Waals surface area contributed by atoms with Crippen molar-refractivity contribution in [3.05, 3.63) is 41.7 Å². The molecule has 0 radical (unpaired) electrons. The van der Waals surface area contributed by atoms with Crippen molar-refractivity contribution in [2.45, 2.75) is 25.1 Å². The zero-order valence-electron chi connectivity index (χ0n) is 11.0. The molecule has 0 fully saturated rings. The number of halogens is 2. The molecule has 0 bridgehead atoms. The van der Waals surface area contributed by atoms with Crippen molar-refractivity contribution in [2.75, 3.05) is 12.3 Å². The first-order chi connectivity index (χ1) is 9.69. The predicted octanol–water partition coefficient (Wildman–Crippen LogP) is 5.60. The van der Waals surface area contributed by atoms with E-state index in [0.29, 0.717) is 0 Å². The van der Waals surface area contributed by atoms with Crippen LogP contribution < -0.4 is 5.32 Å². The molecule has 0 aromatic carbocycles. The number of thiophene rings is 2. The van der Waals surface area contributed by atoms with E-state index in [1.807, 2.05) is 29.2 Å². The summed E-state index contributed by atoms with van der Waals surface area (Å²) in [6.07, 6.45) is 1.20.